The number of carboxylic acid groups (broad SMARTS) is 1. The lowest BCUT2D eigenvalue weighted by Gasteiger charge is -2.24. The first-order valence-corrected chi connectivity index (χ1v) is 8.22. The van der Waals surface area contributed by atoms with Crippen molar-refractivity contribution < 1.29 is 14.7 Å². The summed E-state index contributed by atoms with van der Waals surface area (Å²) in [7, 11) is 0. The van der Waals surface area contributed by atoms with Gasteiger partial charge in [-0.2, -0.15) is 0 Å². The summed E-state index contributed by atoms with van der Waals surface area (Å²) in [6.07, 6.45) is 6.09. The number of likely N-dealkylation sites (tertiary alicyclic amines) is 1. The summed E-state index contributed by atoms with van der Waals surface area (Å²) in [6, 6.07) is -1.01. The van der Waals surface area contributed by atoms with Crippen molar-refractivity contribution in [2.45, 2.75) is 65.3 Å². The van der Waals surface area contributed by atoms with Crippen LogP contribution < -0.4 is 5.32 Å². The predicted octanol–water partition coefficient (Wildman–Crippen LogP) is 3.10. The third-order valence-corrected chi connectivity index (χ3v) is 4.13. The fraction of sp³-hybridized carbons (Fsp3) is 0.875. The first-order valence-electron chi connectivity index (χ1n) is 8.22. The zero-order valence-corrected chi connectivity index (χ0v) is 13.6. The van der Waals surface area contributed by atoms with E-state index in [1.807, 2.05) is 13.8 Å². The van der Waals surface area contributed by atoms with E-state index in [0.717, 1.165) is 25.9 Å². The number of nitrogens with zero attached hydrogens (tertiary/aromatic N) is 1. The van der Waals surface area contributed by atoms with Gasteiger partial charge in [0.1, 0.15) is 6.04 Å². The molecule has 5 heteroatoms. The maximum absolute atomic E-state index is 12.3. The summed E-state index contributed by atoms with van der Waals surface area (Å²) in [5.41, 5.74) is 0. The fourth-order valence-electron chi connectivity index (χ4n) is 3.00. The molecule has 2 N–H and O–H groups in total. The second-order valence-corrected chi connectivity index (χ2v) is 6.54. The molecule has 0 aromatic heterocycles. The Balaban J connectivity index is 2.51. The Morgan fingerprint density at radius 3 is 2.57 bits per heavy atom. The van der Waals surface area contributed by atoms with Gasteiger partial charge in [-0.25, -0.2) is 9.59 Å². The van der Waals surface area contributed by atoms with Gasteiger partial charge in [0.25, 0.3) is 0 Å². The van der Waals surface area contributed by atoms with Gasteiger partial charge in [0, 0.05) is 13.1 Å². The van der Waals surface area contributed by atoms with E-state index in [1.54, 1.807) is 4.90 Å². The van der Waals surface area contributed by atoms with E-state index in [1.165, 1.54) is 19.3 Å². The summed E-state index contributed by atoms with van der Waals surface area (Å²) in [6.45, 7) is 7.59. The number of hydrogen-bond donors (Lipinski definition) is 2. The molecular weight excluding hydrogens is 268 g/mol. The Labute approximate surface area is 128 Å². The average molecular weight is 298 g/mol. The zero-order valence-electron chi connectivity index (χ0n) is 13.6. The Hall–Kier alpha value is -1.26. The van der Waals surface area contributed by atoms with Crippen LogP contribution in [0.5, 0.6) is 0 Å². The van der Waals surface area contributed by atoms with E-state index in [2.05, 4.69) is 12.2 Å². The third-order valence-electron chi connectivity index (χ3n) is 4.13. The third kappa shape index (κ3) is 6.36. The van der Waals surface area contributed by atoms with E-state index in [4.69, 9.17) is 0 Å². The van der Waals surface area contributed by atoms with E-state index < -0.39 is 12.0 Å². The molecule has 1 unspecified atom stereocenters. The molecule has 122 valence electrons. The lowest BCUT2D eigenvalue weighted by molar-refractivity contribution is -0.139. The van der Waals surface area contributed by atoms with Crippen molar-refractivity contribution in [3.63, 3.8) is 0 Å². The van der Waals surface area contributed by atoms with Crippen molar-refractivity contribution in [3.05, 3.63) is 0 Å². The minimum atomic E-state index is -0.948. The van der Waals surface area contributed by atoms with Gasteiger partial charge < -0.3 is 15.3 Å². The van der Waals surface area contributed by atoms with Crippen LogP contribution in [0.1, 0.15) is 59.3 Å². The lowest BCUT2D eigenvalue weighted by atomic mass is 9.96. The highest BCUT2D eigenvalue weighted by Gasteiger charge is 2.25. The molecule has 0 spiro atoms. The van der Waals surface area contributed by atoms with Gasteiger partial charge in [0.15, 0.2) is 0 Å². The smallest absolute Gasteiger partial charge is 0.326 e. The van der Waals surface area contributed by atoms with Crippen molar-refractivity contribution in [2.75, 3.05) is 13.1 Å². The number of carboxylic acids is 1. The summed E-state index contributed by atoms with van der Waals surface area (Å²) in [4.78, 5) is 25.3. The Morgan fingerprint density at radius 2 is 2.00 bits per heavy atom. The van der Waals surface area contributed by atoms with E-state index in [9.17, 15) is 14.7 Å². The molecule has 0 aromatic rings. The number of nitrogens with one attached hydrogen (secondary N) is 1. The number of hydrogen-bond acceptors (Lipinski definition) is 2. The monoisotopic (exact) mass is 298 g/mol. The highest BCUT2D eigenvalue weighted by Crippen LogP contribution is 2.22. The molecule has 0 radical (unpaired) electrons. The highest BCUT2D eigenvalue weighted by molar-refractivity contribution is 5.82. The maximum atomic E-state index is 12.3. The lowest BCUT2D eigenvalue weighted by Crippen LogP contribution is -2.48. The number of aliphatic carboxylic acids is 1. The molecular formula is C16H30N2O3. The molecule has 1 saturated heterocycles. The van der Waals surface area contributed by atoms with Gasteiger partial charge in [0.05, 0.1) is 0 Å². The molecule has 21 heavy (non-hydrogen) atoms. The van der Waals surface area contributed by atoms with Crippen LogP contribution in [0.15, 0.2) is 0 Å². The number of carbonyl (C=O) groups is 2. The zero-order chi connectivity index (χ0) is 15.8. The number of rotatable bonds is 6. The van der Waals surface area contributed by atoms with Crippen molar-refractivity contribution in [1.82, 2.24) is 10.2 Å². The van der Waals surface area contributed by atoms with Crippen LogP contribution >= 0.6 is 0 Å². The van der Waals surface area contributed by atoms with Crippen LogP contribution in [0.3, 0.4) is 0 Å². The number of carbonyl (C=O) groups excluding carboxylic acids is 1. The Bertz CT molecular complexity index is 344. The van der Waals surface area contributed by atoms with Gasteiger partial charge in [0.2, 0.25) is 0 Å². The summed E-state index contributed by atoms with van der Waals surface area (Å²) < 4.78 is 0. The number of amides is 2. The number of urea groups is 1. The van der Waals surface area contributed by atoms with Crippen LogP contribution in [0.25, 0.3) is 0 Å². The van der Waals surface area contributed by atoms with Gasteiger partial charge in [-0.3, -0.25) is 0 Å². The van der Waals surface area contributed by atoms with Crippen LogP contribution in [0, 0.1) is 11.8 Å². The van der Waals surface area contributed by atoms with Crippen LogP contribution in [0.2, 0.25) is 0 Å². The Kier molecular flexibility index (Phi) is 7.54. The molecule has 1 fully saturated rings. The minimum Gasteiger partial charge on any atom is -0.480 e. The quantitative estimate of drug-likeness (QED) is 0.791. The first kappa shape index (κ1) is 17.8. The molecule has 0 aromatic carbocycles. The van der Waals surface area contributed by atoms with Crippen LogP contribution in [0.4, 0.5) is 4.79 Å². The van der Waals surface area contributed by atoms with Crippen molar-refractivity contribution >= 4 is 12.0 Å². The molecule has 1 rings (SSSR count). The summed E-state index contributed by atoms with van der Waals surface area (Å²) in [5, 5.41) is 11.9. The molecule has 1 aliphatic heterocycles. The normalized spacial score (nSPS) is 21.0. The predicted molar refractivity (Wildman–Crippen MR) is 83.2 cm³/mol. The van der Waals surface area contributed by atoms with E-state index in [0.29, 0.717) is 12.3 Å². The van der Waals surface area contributed by atoms with Crippen molar-refractivity contribution in [3.8, 4) is 0 Å². The maximum Gasteiger partial charge on any atom is 0.326 e. The Morgan fingerprint density at radius 1 is 1.29 bits per heavy atom. The van der Waals surface area contributed by atoms with Gasteiger partial charge in [-0.05, 0) is 37.5 Å². The molecule has 0 bridgehead atoms. The highest BCUT2D eigenvalue weighted by atomic mass is 16.4. The molecule has 0 saturated carbocycles. The topological polar surface area (TPSA) is 69.6 Å². The summed E-state index contributed by atoms with van der Waals surface area (Å²) in [5.74, 6) is -0.000987. The van der Waals surface area contributed by atoms with Gasteiger partial charge in [-0.15, -0.1) is 0 Å². The van der Waals surface area contributed by atoms with Gasteiger partial charge in [-0.1, -0.05) is 33.6 Å². The van der Waals surface area contributed by atoms with E-state index >= 15 is 0 Å². The SMILES string of the molecule is CCCC1CCCN(C(=O)N[C@H](CC(C)C)C(=O)O)CC1. The van der Waals surface area contributed by atoms with Crippen LogP contribution in [-0.4, -0.2) is 41.1 Å². The molecule has 1 aliphatic rings. The average Bonchev–Trinajstić information content (AvgIpc) is 2.63. The fourth-order valence-corrected chi connectivity index (χ4v) is 3.00. The molecule has 2 atom stereocenters. The van der Waals surface area contributed by atoms with Crippen LogP contribution in [-0.2, 0) is 4.79 Å². The molecule has 2 amide bonds. The molecule has 5 nitrogen and oxygen atoms in total. The standard InChI is InChI=1S/C16H30N2O3/c1-4-6-13-7-5-9-18(10-8-13)16(21)17-14(15(19)20)11-12(2)3/h12-14H,4-11H2,1-3H3,(H,17,21)(H,19,20)/t13?,14-/m1/s1. The largest absolute Gasteiger partial charge is 0.480 e. The summed E-state index contributed by atoms with van der Waals surface area (Å²) >= 11 is 0. The minimum absolute atomic E-state index is 0.222. The van der Waals surface area contributed by atoms with Crippen molar-refractivity contribution in [2.24, 2.45) is 11.8 Å². The molecule has 1 heterocycles. The van der Waals surface area contributed by atoms with Gasteiger partial charge >= 0.3 is 12.0 Å². The first-order chi connectivity index (χ1) is 9.93. The van der Waals surface area contributed by atoms with Crippen molar-refractivity contribution in [1.29, 1.82) is 0 Å². The second kappa shape index (κ2) is 8.90. The molecule has 0 aliphatic carbocycles. The second-order valence-electron chi connectivity index (χ2n) is 6.54. The van der Waals surface area contributed by atoms with E-state index in [-0.39, 0.29) is 11.9 Å².